The molecule has 0 bridgehead atoms. The minimum Gasteiger partial charge on any atom is -0.375 e. The van der Waals surface area contributed by atoms with Gasteiger partial charge >= 0.3 is 0 Å². The molecule has 7 nitrogen and oxygen atoms in total. The number of hydrogen-bond donors (Lipinski definition) is 3. The summed E-state index contributed by atoms with van der Waals surface area (Å²) in [7, 11) is 0. The van der Waals surface area contributed by atoms with E-state index < -0.39 is 0 Å². The van der Waals surface area contributed by atoms with E-state index in [1.165, 1.54) is 12.1 Å². The number of carbonyl (C=O) groups excluding carboxylic acids is 1. The number of hydrogen-bond acceptors (Lipinski definition) is 5. The van der Waals surface area contributed by atoms with Crippen LogP contribution in [0, 0.1) is 0 Å². The van der Waals surface area contributed by atoms with Crippen molar-refractivity contribution in [3.8, 4) is 0 Å². The molecule has 7 heteroatoms. The Labute approximate surface area is 97.6 Å². The third-order valence-electron chi connectivity index (χ3n) is 2.36. The number of morpholine rings is 1. The molecule has 1 aliphatic rings. The van der Waals surface area contributed by atoms with E-state index in [4.69, 9.17) is 4.74 Å². The van der Waals surface area contributed by atoms with Crippen LogP contribution in [0.1, 0.15) is 6.42 Å². The lowest BCUT2D eigenvalue weighted by atomic mass is 10.2. The Morgan fingerprint density at radius 3 is 3.12 bits per heavy atom. The van der Waals surface area contributed by atoms with Crippen LogP contribution < -0.4 is 16.2 Å². The van der Waals surface area contributed by atoms with Crippen LogP contribution in [-0.2, 0) is 9.53 Å². The highest BCUT2D eigenvalue weighted by atomic mass is 16.5. The summed E-state index contributed by atoms with van der Waals surface area (Å²) >= 11 is 0. The molecule has 1 amide bonds. The van der Waals surface area contributed by atoms with E-state index in [2.05, 4.69) is 20.8 Å². The number of nitrogens with one attached hydrogen (secondary N) is 3. The topological polar surface area (TPSA) is 96.1 Å². The van der Waals surface area contributed by atoms with Crippen molar-refractivity contribution >= 4 is 11.7 Å². The minimum atomic E-state index is -0.303. The molecule has 1 aliphatic heterocycles. The maximum absolute atomic E-state index is 11.6. The number of carbonyl (C=O) groups is 1. The first-order valence-corrected chi connectivity index (χ1v) is 5.42. The predicted molar refractivity (Wildman–Crippen MR) is 60.7 cm³/mol. The second kappa shape index (κ2) is 5.55. The van der Waals surface area contributed by atoms with E-state index in [-0.39, 0.29) is 24.0 Å². The molecule has 3 N–H and O–H groups in total. The number of H-pyrrole nitrogens is 1. The zero-order valence-corrected chi connectivity index (χ0v) is 9.23. The molecule has 1 aromatic rings. The third-order valence-corrected chi connectivity index (χ3v) is 2.36. The van der Waals surface area contributed by atoms with E-state index in [1.807, 2.05) is 0 Å². The summed E-state index contributed by atoms with van der Waals surface area (Å²) in [5.74, 6) is 0.150. The summed E-state index contributed by atoms with van der Waals surface area (Å²) < 4.78 is 5.40. The van der Waals surface area contributed by atoms with Crippen LogP contribution in [0.4, 0.5) is 5.82 Å². The van der Waals surface area contributed by atoms with Crippen LogP contribution in [0.5, 0.6) is 0 Å². The van der Waals surface area contributed by atoms with Crippen molar-refractivity contribution in [2.75, 3.05) is 25.0 Å². The first-order chi connectivity index (χ1) is 8.24. The van der Waals surface area contributed by atoms with E-state index in [0.29, 0.717) is 19.0 Å². The molecular formula is C10H14N4O3. The third kappa shape index (κ3) is 3.65. The lowest BCUT2D eigenvalue weighted by molar-refractivity contribution is -0.119. The van der Waals surface area contributed by atoms with Crippen molar-refractivity contribution in [3.05, 3.63) is 22.5 Å². The normalized spacial score (nSPS) is 19.9. The van der Waals surface area contributed by atoms with Crippen molar-refractivity contribution in [2.24, 2.45) is 0 Å². The molecular weight excluding hydrogens is 224 g/mol. The van der Waals surface area contributed by atoms with Crippen molar-refractivity contribution in [1.29, 1.82) is 0 Å². The second-order valence-electron chi connectivity index (χ2n) is 3.76. The molecule has 0 aliphatic carbocycles. The van der Waals surface area contributed by atoms with Crippen molar-refractivity contribution in [1.82, 2.24) is 15.5 Å². The van der Waals surface area contributed by atoms with Gasteiger partial charge in [-0.3, -0.25) is 9.59 Å². The summed E-state index contributed by atoms with van der Waals surface area (Å²) in [6.07, 6.45) is 0.167. The maximum Gasteiger partial charge on any atom is 0.264 e. The molecule has 17 heavy (non-hydrogen) atoms. The van der Waals surface area contributed by atoms with Crippen LogP contribution in [0.2, 0.25) is 0 Å². The van der Waals surface area contributed by atoms with Gasteiger partial charge in [0.1, 0.15) is 0 Å². The zero-order valence-electron chi connectivity index (χ0n) is 9.23. The lowest BCUT2D eigenvalue weighted by Gasteiger charge is -2.22. The highest BCUT2D eigenvalue weighted by Gasteiger charge is 2.17. The van der Waals surface area contributed by atoms with Crippen molar-refractivity contribution in [3.63, 3.8) is 0 Å². The summed E-state index contributed by atoms with van der Waals surface area (Å²) in [5, 5.41) is 11.7. The van der Waals surface area contributed by atoms with E-state index >= 15 is 0 Å². The average molecular weight is 238 g/mol. The molecule has 1 aromatic heterocycles. The fourth-order valence-corrected chi connectivity index (χ4v) is 1.57. The lowest BCUT2D eigenvalue weighted by Crippen LogP contribution is -2.40. The summed E-state index contributed by atoms with van der Waals surface area (Å²) in [4.78, 5) is 22.4. The highest BCUT2D eigenvalue weighted by molar-refractivity contribution is 5.89. The summed E-state index contributed by atoms with van der Waals surface area (Å²) in [5.41, 5.74) is -0.303. The van der Waals surface area contributed by atoms with E-state index in [1.54, 1.807) is 0 Å². The van der Waals surface area contributed by atoms with Gasteiger partial charge in [0, 0.05) is 19.2 Å². The average Bonchev–Trinajstić information content (AvgIpc) is 2.33. The van der Waals surface area contributed by atoms with Crippen LogP contribution in [0.3, 0.4) is 0 Å². The van der Waals surface area contributed by atoms with E-state index in [9.17, 15) is 9.59 Å². The smallest absolute Gasteiger partial charge is 0.264 e. The van der Waals surface area contributed by atoms with Gasteiger partial charge in [0.25, 0.3) is 5.56 Å². The monoisotopic (exact) mass is 238 g/mol. The maximum atomic E-state index is 11.6. The van der Waals surface area contributed by atoms with Gasteiger partial charge in [-0.05, 0) is 6.07 Å². The highest BCUT2D eigenvalue weighted by Crippen LogP contribution is 2.04. The standard InChI is InChI=1S/C10H14N4O3/c15-9-2-1-8(13-14-9)12-10(16)5-7-6-11-3-4-17-7/h1-2,7,11H,3-6H2,(H,14,15)(H,12,13,16). The first-order valence-electron chi connectivity index (χ1n) is 5.42. The Balaban J connectivity index is 1.84. The number of rotatable bonds is 3. The summed E-state index contributed by atoms with van der Waals surface area (Å²) in [6, 6.07) is 2.76. The number of aromatic nitrogens is 2. The van der Waals surface area contributed by atoms with Gasteiger partial charge in [0.15, 0.2) is 5.82 Å². The molecule has 1 saturated heterocycles. The number of nitrogens with zero attached hydrogens (tertiary/aromatic N) is 1. The van der Waals surface area contributed by atoms with Crippen molar-refractivity contribution < 1.29 is 9.53 Å². The molecule has 2 rings (SSSR count). The fourth-order valence-electron chi connectivity index (χ4n) is 1.57. The minimum absolute atomic E-state index is 0.105. The number of anilines is 1. The van der Waals surface area contributed by atoms with Gasteiger partial charge in [-0.25, -0.2) is 5.10 Å². The molecule has 0 radical (unpaired) electrons. The SMILES string of the molecule is O=C(CC1CNCCO1)Nc1ccc(=O)[nH]n1. The van der Waals surface area contributed by atoms with E-state index in [0.717, 1.165) is 6.54 Å². The Morgan fingerprint density at radius 2 is 2.47 bits per heavy atom. The first kappa shape index (κ1) is 11.7. The molecule has 1 unspecified atom stereocenters. The van der Waals surface area contributed by atoms with Crippen LogP contribution in [0.15, 0.2) is 16.9 Å². The Hall–Kier alpha value is -1.73. The Kier molecular flexibility index (Phi) is 3.84. The summed E-state index contributed by atoms with van der Waals surface area (Å²) in [6.45, 7) is 2.11. The van der Waals surface area contributed by atoms with Crippen LogP contribution >= 0.6 is 0 Å². The quantitative estimate of drug-likeness (QED) is 0.633. The Morgan fingerprint density at radius 1 is 1.59 bits per heavy atom. The predicted octanol–water partition coefficient (Wildman–Crippen LogP) is -0.913. The molecule has 1 atom stereocenters. The van der Waals surface area contributed by atoms with Crippen LogP contribution in [0.25, 0.3) is 0 Å². The van der Waals surface area contributed by atoms with Crippen LogP contribution in [-0.4, -0.2) is 41.9 Å². The Bertz CT molecular complexity index is 419. The zero-order chi connectivity index (χ0) is 12.1. The van der Waals surface area contributed by atoms with Gasteiger partial charge in [-0.1, -0.05) is 0 Å². The number of amides is 1. The van der Waals surface area contributed by atoms with Gasteiger partial charge in [-0.2, -0.15) is 5.10 Å². The molecule has 1 fully saturated rings. The van der Waals surface area contributed by atoms with Gasteiger partial charge in [-0.15, -0.1) is 0 Å². The molecule has 2 heterocycles. The van der Waals surface area contributed by atoms with Gasteiger partial charge in [0.2, 0.25) is 5.91 Å². The number of ether oxygens (including phenoxy) is 1. The molecule has 92 valence electrons. The van der Waals surface area contributed by atoms with Crippen molar-refractivity contribution in [2.45, 2.75) is 12.5 Å². The number of aromatic amines is 1. The fraction of sp³-hybridized carbons (Fsp3) is 0.500. The van der Waals surface area contributed by atoms with Gasteiger partial charge in [0.05, 0.1) is 19.1 Å². The van der Waals surface area contributed by atoms with Gasteiger partial charge < -0.3 is 15.4 Å². The molecule has 0 saturated carbocycles. The largest absolute Gasteiger partial charge is 0.375 e. The molecule has 0 spiro atoms. The molecule has 0 aromatic carbocycles. The second-order valence-corrected chi connectivity index (χ2v) is 3.76.